The summed E-state index contributed by atoms with van der Waals surface area (Å²) in [6, 6.07) is 3.30. The summed E-state index contributed by atoms with van der Waals surface area (Å²) < 4.78 is 29.4. The van der Waals surface area contributed by atoms with Crippen molar-refractivity contribution in [2.45, 2.75) is 39.7 Å². The van der Waals surface area contributed by atoms with Gasteiger partial charge in [-0.2, -0.15) is 5.10 Å². The third-order valence-corrected chi connectivity index (χ3v) is 5.16. The Labute approximate surface area is 158 Å². The first kappa shape index (κ1) is 19.5. The molecule has 2 heterocycles. The van der Waals surface area contributed by atoms with Crippen molar-refractivity contribution in [2.24, 2.45) is 11.1 Å². The largest absolute Gasteiger partial charge is 0.338 e. The summed E-state index contributed by atoms with van der Waals surface area (Å²) in [6.45, 7) is 9.53. The Balaban J connectivity index is 2.06. The van der Waals surface area contributed by atoms with Crippen molar-refractivity contribution in [3.05, 3.63) is 41.6 Å². The summed E-state index contributed by atoms with van der Waals surface area (Å²) in [7, 11) is 0. The molecule has 1 unspecified atom stereocenters. The molecule has 0 saturated carbocycles. The number of hydrogen-bond acceptors (Lipinski definition) is 3. The Hall–Kier alpha value is -2.28. The second-order valence-electron chi connectivity index (χ2n) is 8.62. The highest BCUT2D eigenvalue weighted by molar-refractivity contribution is 6.00. The van der Waals surface area contributed by atoms with E-state index in [0.29, 0.717) is 25.2 Å². The number of benzene rings is 1. The molecule has 7 heteroatoms. The summed E-state index contributed by atoms with van der Waals surface area (Å²) >= 11 is 0. The molecule has 1 amide bonds. The average molecular weight is 376 g/mol. The fourth-order valence-electron chi connectivity index (χ4n) is 3.29. The van der Waals surface area contributed by atoms with E-state index in [2.05, 4.69) is 12.0 Å². The Bertz CT molecular complexity index is 871. The minimum atomic E-state index is -0.739. The zero-order chi connectivity index (χ0) is 20.0. The third-order valence-electron chi connectivity index (χ3n) is 5.16. The number of nitrogens with zero attached hydrogens (tertiary/aromatic N) is 3. The monoisotopic (exact) mass is 376 g/mol. The normalized spacial score (nSPS) is 20.3. The lowest BCUT2D eigenvalue weighted by atomic mass is 9.90. The second-order valence-corrected chi connectivity index (χ2v) is 8.62. The number of halogens is 2. The van der Waals surface area contributed by atoms with Gasteiger partial charge in [0.25, 0.3) is 5.91 Å². The molecule has 1 aliphatic rings. The molecule has 2 aromatic rings. The van der Waals surface area contributed by atoms with Crippen LogP contribution in [-0.4, -0.2) is 40.2 Å². The molecule has 0 bridgehead atoms. The minimum absolute atomic E-state index is 0.114. The zero-order valence-electron chi connectivity index (χ0n) is 16.2. The zero-order valence-corrected chi connectivity index (χ0v) is 16.2. The highest BCUT2D eigenvalue weighted by Gasteiger charge is 2.37. The number of amides is 1. The van der Waals surface area contributed by atoms with Crippen LogP contribution in [0.3, 0.4) is 0 Å². The molecule has 1 atom stereocenters. The number of rotatable bonds is 3. The van der Waals surface area contributed by atoms with E-state index >= 15 is 0 Å². The van der Waals surface area contributed by atoms with E-state index in [1.165, 1.54) is 12.1 Å². The second kappa shape index (κ2) is 6.71. The molecule has 27 heavy (non-hydrogen) atoms. The van der Waals surface area contributed by atoms with Gasteiger partial charge < -0.3 is 10.6 Å². The van der Waals surface area contributed by atoms with Gasteiger partial charge in [-0.15, -0.1) is 0 Å². The van der Waals surface area contributed by atoms with E-state index in [1.807, 2.05) is 20.8 Å². The summed E-state index contributed by atoms with van der Waals surface area (Å²) in [5, 5.41) is 4.47. The van der Waals surface area contributed by atoms with Gasteiger partial charge in [0.15, 0.2) is 0 Å². The summed E-state index contributed by atoms with van der Waals surface area (Å²) in [6.07, 6.45) is 2.47. The number of hydrogen-bond donors (Lipinski definition) is 1. The summed E-state index contributed by atoms with van der Waals surface area (Å²) in [5.41, 5.74) is 6.00. The van der Waals surface area contributed by atoms with Crippen molar-refractivity contribution in [2.75, 3.05) is 19.6 Å². The van der Waals surface area contributed by atoms with Gasteiger partial charge in [-0.25, -0.2) is 8.78 Å². The standard InChI is InChI=1S/C20H26F2N4O/c1-19(2,3)26-10-15(18(27)25-8-7-20(4,11-23)12-25)17(24-26)14-6-5-13(21)9-16(14)22/h5-6,9-10H,7-8,11-12,23H2,1-4H3. The van der Waals surface area contributed by atoms with Crippen LogP contribution in [0.25, 0.3) is 11.3 Å². The third kappa shape index (κ3) is 3.74. The van der Waals surface area contributed by atoms with Crippen LogP contribution in [0.1, 0.15) is 44.5 Å². The van der Waals surface area contributed by atoms with Gasteiger partial charge in [0.2, 0.25) is 0 Å². The average Bonchev–Trinajstić information content (AvgIpc) is 3.19. The fraction of sp³-hybridized carbons (Fsp3) is 0.500. The summed E-state index contributed by atoms with van der Waals surface area (Å²) in [5.74, 6) is -1.62. The molecule has 1 saturated heterocycles. The maximum absolute atomic E-state index is 14.4. The van der Waals surface area contributed by atoms with E-state index in [9.17, 15) is 13.6 Å². The van der Waals surface area contributed by atoms with Gasteiger partial charge in [0, 0.05) is 30.9 Å². The Kier molecular flexibility index (Phi) is 4.84. The van der Waals surface area contributed by atoms with Crippen LogP contribution in [0.15, 0.2) is 24.4 Å². The van der Waals surface area contributed by atoms with E-state index in [1.54, 1.807) is 15.8 Å². The Morgan fingerprint density at radius 2 is 2.04 bits per heavy atom. The van der Waals surface area contributed by atoms with Gasteiger partial charge >= 0.3 is 0 Å². The molecule has 146 valence electrons. The highest BCUT2D eigenvalue weighted by Crippen LogP contribution is 2.33. The van der Waals surface area contributed by atoms with Gasteiger partial charge in [-0.05, 0) is 51.3 Å². The molecule has 1 aromatic carbocycles. The van der Waals surface area contributed by atoms with Crippen molar-refractivity contribution in [1.29, 1.82) is 0 Å². The SMILES string of the molecule is CC1(CN)CCN(C(=O)c2cn(C(C)(C)C)nc2-c2ccc(F)cc2F)C1. The molecule has 2 N–H and O–H groups in total. The molecular formula is C20H26F2N4O. The minimum Gasteiger partial charge on any atom is -0.338 e. The van der Waals surface area contributed by atoms with Crippen LogP contribution in [0.5, 0.6) is 0 Å². The Morgan fingerprint density at radius 3 is 2.59 bits per heavy atom. The molecule has 0 aliphatic carbocycles. The summed E-state index contributed by atoms with van der Waals surface area (Å²) in [4.78, 5) is 14.9. The highest BCUT2D eigenvalue weighted by atomic mass is 19.1. The van der Waals surface area contributed by atoms with E-state index in [4.69, 9.17) is 5.73 Å². The van der Waals surface area contributed by atoms with Crippen LogP contribution < -0.4 is 5.73 Å². The molecule has 1 fully saturated rings. The Morgan fingerprint density at radius 1 is 1.33 bits per heavy atom. The maximum atomic E-state index is 14.4. The number of carbonyl (C=O) groups is 1. The first-order valence-corrected chi connectivity index (χ1v) is 9.09. The lowest BCUT2D eigenvalue weighted by Crippen LogP contribution is -2.34. The molecule has 1 aliphatic heterocycles. The number of aromatic nitrogens is 2. The van der Waals surface area contributed by atoms with Crippen LogP contribution in [0, 0.1) is 17.0 Å². The molecule has 3 rings (SSSR count). The first-order chi connectivity index (χ1) is 12.5. The number of nitrogens with two attached hydrogens (primary N) is 1. The quantitative estimate of drug-likeness (QED) is 0.893. The maximum Gasteiger partial charge on any atom is 0.257 e. The van der Waals surface area contributed by atoms with E-state index in [0.717, 1.165) is 12.5 Å². The van der Waals surface area contributed by atoms with Crippen LogP contribution >= 0.6 is 0 Å². The fourth-order valence-corrected chi connectivity index (χ4v) is 3.29. The van der Waals surface area contributed by atoms with E-state index < -0.39 is 11.6 Å². The first-order valence-electron chi connectivity index (χ1n) is 9.09. The lowest BCUT2D eigenvalue weighted by Gasteiger charge is -2.22. The lowest BCUT2D eigenvalue weighted by molar-refractivity contribution is 0.0777. The molecule has 0 radical (unpaired) electrons. The van der Waals surface area contributed by atoms with Crippen LogP contribution in [0.2, 0.25) is 0 Å². The molecular weight excluding hydrogens is 350 g/mol. The predicted molar refractivity (Wildman–Crippen MR) is 100 cm³/mol. The van der Waals surface area contributed by atoms with Crippen LogP contribution in [0.4, 0.5) is 8.78 Å². The predicted octanol–water partition coefficient (Wildman–Crippen LogP) is 3.39. The topological polar surface area (TPSA) is 64.2 Å². The smallest absolute Gasteiger partial charge is 0.257 e. The molecule has 1 aromatic heterocycles. The van der Waals surface area contributed by atoms with Crippen molar-refractivity contribution in [1.82, 2.24) is 14.7 Å². The van der Waals surface area contributed by atoms with Crippen molar-refractivity contribution in [3.63, 3.8) is 0 Å². The van der Waals surface area contributed by atoms with Gasteiger partial charge in [0.1, 0.15) is 17.3 Å². The van der Waals surface area contributed by atoms with E-state index in [-0.39, 0.29) is 28.1 Å². The number of carbonyl (C=O) groups excluding carboxylic acids is 1. The van der Waals surface area contributed by atoms with Crippen LogP contribution in [-0.2, 0) is 5.54 Å². The van der Waals surface area contributed by atoms with Gasteiger partial charge in [-0.3, -0.25) is 9.48 Å². The molecule has 5 nitrogen and oxygen atoms in total. The number of likely N-dealkylation sites (tertiary alicyclic amines) is 1. The van der Waals surface area contributed by atoms with Crippen molar-refractivity contribution in [3.8, 4) is 11.3 Å². The molecule has 0 spiro atoms. The van der Waals surface area contributed by atoms with Crippen molar-refractivity contribution < 1.29 is 13.6 Å². The van der Waals surface area contributed by atoms with Gasteiger partial charge in [-0.1, -0.05) is 6.92 Å². The van der Waals surface area contributed by atoms with Crippen molar-refractivity contribution >= 4 is 5.91 Å². The van der Waals surface area contributed by atoms with Gasteiger partial charge in [0.05, 0.1) is 11.1 Å².